The van der Waals surface area contributed by atoms with Crippen molar-refractivity contribution in [2.24, 2.45) is 0 Å². The third-order valence-corrected chi connectivity index (χ3v) is 15.3. The van der Waals surface area contributed by atoms with Crippen LogP contribution in [0, 0.1) is 11.1 Å². The van der Waals surface area contributed by atoms with E-state index >= 15 is 0 Å². The molecule has 0 aromatic rings. The first-order chi connectivity index (χ1) is 9.81. The summed E-state index contributed by atoms with van der Waals surface area (Å²) < 4.78 is 0. The molecule has 0 aromatic carbocycles. The summed E-state index contributed by atoms with van der Waals surface area (Å²) in [7, 11) is -1.27. The molecule has 5 heteroatoms. The van der Waals surface area contributed by atoms with Crippen LogP contribution in [0.25, 0.3) is 0 Å². The van der Waals surface area contributed by atoms with Crippen molar-refractivity contribution in [3.8, 4) is 5.81 Å². The second-order valence-corrected chi connectivity index (χ2v) is 27.1. The minimum absolute atomic E-state index is 0.496. The second kappa shape index (κ2) is 13.0. The molecule has 0 unspecified atom stereocenters. The Morgan fingerprint density at radius 3 is 1.14 bits per heavy atom. The SMILES string of the molecule is C[As](C)CCC[P+](C#N)(CCC[As](C)C)CCC[As](C)C. The molecular formula is C16H36As3NP+. The van der Waals surface area contributed by atoms with Gasteiger partial charge in [-0.25, -0.2) is 0 Å². The number of nitrogens with zero attached hydrogens (tertiary/aromatic N) is 1. The van der Waals surface area contributed by atoms with E-state index in [0.717, 1.165) is 0 Å². The van der Waals surface area contributed by atoms with Gasteiger partial charge in [0.1, 0.15) is 0 Å². The topological polar surface area (TPSA) is 23.8 Å². The van der Waals surface area contributed by atoms with Crippen molar-refractivity contribution in [3.63, 3.8) is 0 Å². The van der Waals surface area contributed by atoms with E-state index < -0.39 is 51.2 Å². The summed E-state index contributed by atoms with van der Waals surface area (Å²) in [6.45, 7) is 0. The van der Waals surface area contributed by atoms with Crippen LogP contribution in [-0.4, -0.2) is 62.4 Å². The molecule has 0 saturated heterocycles. The standard InChI is InChI=1S/C16H36As3NP/c1-17(2)10-7-13-21(16-20,14-8-11-18(3)4)15-9-12-19(5)6/h7-15H2,1-6H3/q+1. The summed E-state index contributed by atoms with van der Waals surface area (Å²) in [5, 5.41) is 14.3. The van der Waals surface area contributed by atoms with E-state index in [4.69, 9.17) is 0 Å². The van der Waals surface area contributed by atoms with E-state index in [1.807, 2.05) is 0 Å². The van der Waals surface area contributed by atoms with Crippen molar-refractivity contribution in [2.75, 3.05) is 18.5 Å². The van der Waals surface area contributed by atoms with Gasteiger partial charge in [-0.05, 0) is 0 Å². The molecule has 0 aliphatic heterocycles. The van der Waals surface area contributed by atoms with Crippen LogP contribution in [0.15, 0.2) is 0 Å². The van der Waals surface area contributed by atoms with Gasteiger partial charge in [0.05, 0.1) is 0 Å². The van der Waals surface area contributed by atoms with E-state index in [1.54, 1.807) is 0 Å². The van der Waals surface area contributed by atoms with Crippen LogP contribution in [0.3, 0.4) is 0 Å². The van der Waals surface area contributed by atoms with Gasteiger partial charge in [0, 0.05) is 0 Å². The van der Waals surface area contributed by atoms with Gasteiger partial charge in [0.25, 0.3) is 0 Å². The summed E-state index contributed by atoms with van der Waals surface area (Å²) in [5.74, 6) is 2.90. The second-order valence-electron chi connectivity index (χ2n) is 6.89. The first-order valence-electron chi connectivity index (χ1n) is 8.03. The van der Waals surface area contributed by atoms with E-state index in [0.29, 0.717) is 0 Å². The monoisotopic (exact) mass is 498 g/mol. The fourth-order valence-electron chi connectivity index (χ4n) is 2.55. The predicted molar refractivity (Wildman–Crippen MR) is 108 cm³/mol. The van der Waals surface area contributed by atoms with Gasteiger partial charge in [-0.1, -0.05) is 0 Å². The molecule has 0 N–H and O–H groups in total. The molecule has 0 amide bonds. The molecule has 0 fully saturated rings. The van der Waals surface area contributed by atoms with Gasteiger partial charge < -0.3 is 0 Å². The van der Waals surface area contributed by atoms with E-state index in [2.05, 4.69) is 40.1 Å². The molecule has 0 rings (SSSR count). The Bertz CT molecular complexity index is 264. The Hall–Kier alpha value is 1.60. The first kappa shape index (κ1) is 22.6. The molecule has 0 atom stereocenters. The van der Waals surface area contributed by atoms with E-state index in [1.165, 1.54) is 53.4 Å². The quantitative estimate of drug-likeness (QED) is 0.242. The van der Waals surface area contributed by atoms with Gasteiger partial charge in [0.2, 0.25) is 0 Å². The molecule has 0 spiro atoms. The molecule has 0 aliphatic rings. The van der Waals surface area contributed by atoms with Crippen LogP contribution < -0.4 is 0 Å². The molecule has 0 heterocycles. The minimum atomic E-state index is -1.27. The van der Waals surface area contributed by atoms with Crippen molar-refractivity contribution in [1.82, 2.24) is 0 Å². The summed E-state index contributed by atoms with van der Waals surface area (Å²) >= 11 is -1.49. The predicted octanol–water partition coefficient (Wildman–Crippen LogP) is 5.92. The van der Waals surface area contributed by atoms with Gasteiger partial charge >= 0.3 is 150 Å². The maximum absolute atomic E-state index is 9.91. The van der Waals surface area contributed by atoms with Crippen molar-refractivity contribution in [2.45, 2.75) is 69.2 Å². The average molecular weight is 498 g/mol. The average Bonchev–Trinajstić information content (AvgIpc) is 2.36. The Balaban J connectivity index is 4.48. The van der Waals surface area contributed by atoms with Crippen LogP contribution >= 0.6 is 7.26 Å². The van der Waals surface area contributed by atoms with Crippen LogP contribution in [0.1, 0.15) is 19.3 Å². The molecular weight excluding hydrogens is 462 g/mol. The van der Waals surface area contributed by atoms with Crippen LogP contribution in [0.4, 0.5) is 0 Å². The number of nitriles is 1. The summed E-state index contributed by atoms with van der Waals surface area (Å²) in [4.78, 5) is 0. The molecule has 21 heavy (non-hydrogen) atoms. The Morgan fingerprint density at radius 2 is 0.952 bits per heavy atom. The fraction of sp³-hybridized carbons (Fsp3) is 0.938. The van der Waals surface area contributed by atoms with Crippen molar-refractivity contribution in [3.05, 3.63) is 0 Å². The summed E-state index contributed by atoms with van der Waals surface area (Å²) in [5.41, 5.74) is 14.7. The van der Waals surface area contributed by atoms with Crippen molar-refractivity contribution < 1.29 is 0 Å². The van der Waals surface area contributed by atoms with Crippen molar-refractivity contribution in [1.29, 1.82) is 5.26 Å². The van der Waals surface area contributed by atoms with E-state index in [-0.39, 0.29) is 0 Å². The zero-order valence-electron chi connectivity index (χ0n) is 15.1. The van der Waals surface area contributed by atoms with Gasteiger partial charge in [-0.3, -0.25) is 0 Å². The van der Waals surface area contributed by atoms with Gasteiger partial charge in [-0.2, -0.15) is 0 Å². The Kier molecular flexibility index (Phi) is 13.9. The van der Waals surface area contributed by atoms with Gasteiger partial charge in [0.15, 0.2) is 0 Å². The van der Waals surface area contributed by atoms with Crippen LogP contribution in [-0.2, 0) is 0 Å². The molecule has 0 aliphatic carbocycles. The molecule has 1 nitrogen and oxygen atoms in total. The third kappa shape index (κ3) is 12.7. The maximum atomic E-state index is 9.91. The van der Waals surface area contributed by atoms with Gasteiger partial charge in [-0.15, -0.1) is 0 Å². The normalized spacial score (nSPS) is 12.4. The Morgan fingerprint density at radius 1 is 0.667 bits per heavy atom. The van der Waals surface area contributed by atoms with Crippen LogP contribution in [0.5, 0.6) is 0 Å². The molecule has 0 bridgehead atoms. The summed E-state index contributed by atoms with van der Waals surface area (Å²) in [6.07, 6.45) is 7.93. The Labute approximate surface area is 149 Å². The molecule has 0 saturated carbocycles. The van der Waals surface area contributed by atoms with Crippen LogP contribution in [0.2, 0.25) is 49.9 Å². The van der Waals surface area contributed by atoms with E-state index in [9.17, 15) is 5.26 Å². The molecule has 0 radical (unpaired) electrons. The number of hydrogen-bond acceptors (Lipinski definition) is 1. The fourth-order valence-corrected chi connectivity index (χ4v) is 12.4. The molecule has 0 aromatic heterocycles. The summed E-state index contributed by atoms with van der Waals surface area (Å²) in [6, 6.07) is 0. The first-order valence-corrected chi connectivity index (χ1v) is 25.6. The number of rotatable bonds is 12. The molecule has 124 valence electrons. The zero-order chi connectivity index (χ0) is 16.3. The third-order valence-electron chi connectivity index (χ3n) is 3.79. The number of hydrogen-bond donors (Lipinski definition) is 0. The zero-order valence-corrected chi connectivity index (χ0v) is 21.6. The van der Waals surface area contributed by atoms with Crippen molar-refractivity contribution >= 4 is 51.2 Å².